The van der Waals surface area contributed by atoms with E-state index in [1.807, 2.05) is 24.3 Å². The van der Waals surface area contributed by atoms with Crippen molar-refractivity contribution in [2.75, 3.05) is 0 Å². The summed E-state index contributed by atoms with van der Waals surface area (Å²) in [7, 11) is 0. The maximum absolute atomic E-state index is 13.3. The minimum atomic E-state index is -0.687. The number of benzene rings is 3. The van der Waals surface area contributed by atoms with Gasteiger partial charge in [0.05, 0.1) is 0 Å². The topological polar surface area (TPSA) is 75.7 Å². The van der Waals surface area contributed by atoms with E-state index < -0.39 is 17.8 Å². The molecule has 2 fully saturated rings. The van der Waals surface area contributed by atoms with Crippen LogP contribution in [0.3, 0.4) is 0 Å². The highest BCUT2D eigenvalue weighted by Gasteiger charge is 2.40. The van der Waals surface area contributed by atoms with Crippen molar-refractivity contribution >= 4 is 50.6 Å². The first-order valence-electron chi connectivity index (χ1n) is 11.8. The van der Waals surface area contributed by atoms with Gasteiger partial charge in [0.25, 0.3) is 11.8 Å². The number of fused-ring (bicyclic) bond motifs is 1. The van der Waals surface area contributed by atoms with E-state index in [1.54, 1.807) is 12.1 Å². The van der Waals surface area contributed by atoms with Gasteiger partial charge in [-0.2, -0.15) is 0 Å². The molecule has 2 aliphatic rings. The first kappa shape index (κ1) is 23.3. The minimum absolute atomic E-state index is 0.0659. The van der Waals surface area contributed by atoms with E-state index in [4.69, 9.17) is 4.74 Å². The van der Waals surface area contributed by atoms with Crippen LogP contribution in [0.4, 0.5) is 4.79 Å². The molecule has 1 saturated heterocycles. The largest absolute Gasteiger partial charge is 0.488 e. The molecule has 7 heteroatoms. The lowest BCUT2D eigenvalue weighted by Crippen LogP contribution is -2.58. The molecule has 1 aliphatic carbocycles. The van der Waals surface area contributed by atoms with Crippen LogP contribution in [-0.4, -0.2) is 28.8 Å². The van der Waals surface area contributed by atoms with Crippen molar-refractivity contribution < 1.29 is 19.1 Å². The van der Waals surface area contributed by atoms with Gasteiger partial charge < -0.3 is 4.74 Å². The second-order valence-corrected chi connectivity index (χ2v) is 9.85. The molecule has 3 aromatic carbocycles. The Kier molecular flexibility index (Phi) is 6.68. The van der Waals surface area contributed by atoms with Gasteiger partial charge in [0, 0.05) is 16.1 Å². The maximum Gasteiger partial charge on any atom is 0.331 e. The number of hydrogen-bond acceptors (Lipinski definition) is 4. The summed E-state index contributed by atoms with van der Waals surface area (Å²) in [6.45, 7) is 0.329. The van der Waals surface area contributed by atoms with E-state index in [0.717, 1.165) is 52.9 Å². The SMILES string of the molecule is O=C1NC(=O)N(C2CCCCC2)C(=O)C1=Cc1cc(Br)ccc1OCc1ccc2ccccc2c1. The van der Waals surface area contributed by atoms with Crippen LogP contribution >= 0.6 is 15.9 Å². The summed E-state index contributed by atoms with van der Waals surface area (Å²) in [4.78, 5) is 39.6. The van der Waals surface area contributed by atoms with Crippen LogP contribution in [0.2, 0.25) is 0 Å². The van der Waals surface area contributed by atoms with Crippen LogP contribution in [0, 0.1) is 0 Å². The number of nitrogens with zero attached hydrogens (tertiary/aromatic N) is 1. The molecule has 4 amide bonds. The van der Waals surface area contributed by atoms with Crippen molar-refractivity contribution in [1.82, 2.24) is 10.2 Å². The Morgan fingerprint density at radius 1 is 0.943 bits per heavy atom. The van der Waals surface area contributed by atoms with Crippen molar-refractivity contribution in [3.05, 3.63) is 81.8 Å². The average molecular weight is 533 g/mol. The Morgan fingerprint density at radius 3 is 2.51 bits per heavy atom. The third-order valence-electron chi connectivity index (χ3n) is 6.55. The van der Waals surface area contributed by atoms with Crippen molar-refractivity contribution in [3.8, 4) is 5.75 Å². The quantitative estimate of drug-likeness (QED) is 0.324. The lowest BCUT2D eigenvalue weighted by atomic mass is 9.93. The number of carbonyl (C=O) groups is 3. The third kappa shape index (κ3) is 5.00. The summed E-state index contributed by atoms with van der Waals surface area (Å²) >= 11 is 3.46. The van der Waals surface area contributed by atoms with Crippen LogP contribution in [0.1, 0.15) is 43.2 Å². The number of nitrogens with one attached hydrogen (secondary N) is 1. The summed E-state index contributed by atoms with van der Waals surface area (Å²) in [6.07, 6.45) is 6.06. The summed E-state index contributed by atoms with van der Waals surface area (Å²) in [5.41, 5.74) is 1.52. The minimum Gasteiger partial charge on any atom is -0.488 e. The van der Waals surface area contributed by atoms with E-state index in [2.05, 4.69) is 45.5 Å². The summed E-state index contributed by atoms with van der Waals surface area (Å²) in [5.74, 6) is -0.700. The molecule has 1 saturated carbocycles. The van der Waals surface area contributed by atoms with Gasteiger partial charge in [0.1, 0.15) is 17.9 Å². The van der Waals surface area contributed by atoms with Gasteiger partial charge in [-0.1, -0.05) is 71.6 Å². The predicted molar refractivity (Wildman–Crippen MR) is 138 cm³/mol. The van der Waals surface area contributed by atoms with Crippen LogP contribution in [0.25, 0.3) is 16.8 Å². The van der Waals surface area contributed by atoms with Crippen LogP contribution in [0.15, 0.2) is 70.7 Å². The number of rotatable bonds is 5. The smallest absolute Gasteiger partial charge is 0.331 e. The van der Waals surface area contributed by atoms with Crippen LogP contribution in [0.5, 0.6) is 5.75 Å². The monoisotopic (exact) mass is 532 g/mol. The van der Waals surface area contributed by atoms with Crippen LogP contribution in [-0.2, 0) is 16.2 Å². The van der Waals surface area contributed by atoms with Gasteiger partial charge in [-0.05, 0) is 59.5 Å². The molecule has 0 atom stereocenters. The third-order valence-corrected chi connectivity index (χ3v) is 7.05. The molecule has 0 unspecified atom stereocenters. The molecule has 1 N–H and O–H groups in total. The van der Waals surface area contributed by atoms with E-state index in [1.165, 1.54) is 11.0 Å². The predicted octanol–water partition coefficient (Wildman–Crippen LogP) is 5.98. The van der Waals surface area contributed by atoms with Crippen molar-refractivity contribution in [1.29, 1.82) is 0 Å². The number of amides is 4. The Morgan fingerprint density at radius 2 is 1.71 bits per heavy atom. The van der Waals surface area contributed by atoms with E-state index in [-0.39, 0.29) is 11.6 Å². The Bertz CT molecular complexity index is 1340. The number of barbiturate groups is 1. The molecule has 6 nitrogen and oxygen atoms in total. The van der Waals surface area contributed by atoms with Gasteiger partial charge in [-0.25, -0.2) is 4.79 Å². The lowest BCUT2D eigenvalue weighted by molar-refractivity contribution is -0.132. The average Bonchev–Trinajstić information content (AvgIpc) is 2.86. The molecule has 178 valence electrons. The zero-order valence-electron chi connectivity index (χ0n) is 19.1. The highest BCUT2D eigenvalue weighted by Crippen LogP contribution is 2.30. The number of urea groups is 1. The Labute approximate surface area is 212 Å². The molecule has 1 aliphatic heterocycles. The van der Waals surface area contributed by atoms with Crippen molar-refractivity contribution in [2.45, 2.75) is 44.8 Å². The fourth-order valence-electron chi connectivity index (χ4n) is 4.75. The van der Waals surface area contributed by atoms with Crippen molar-refractivity contribution in [2.24, 2.45) is 0 Å². The molecular formula is C28H25BrN2O4. The summed E-state index contributed by atoms with van der Waals surface area (Å²) < 4.78 is 6.90. The molecule has 0 radical (unpaired) electrons. The number of ether oxygens (including phenoxy) is 1. The molecule has 5 rings (SSSR count). The second-order valence-electron chi connectivity index (χ2n) is 8.94. The van der Waals surface area contributed by atoms with Crippen LogP contribution < -0.4 is 10.1 Å². The summed E-state index contributed by atoms with van der Waals surface area (Å²) in [6, 6.07) is 18.9. The first-order chi connectivity index (χ1) is 17.0. The normalized spacial score (nSPS) is 18.3. The number of halogens is 1. The zero-order valence-corrected chi connectivity index (χ0v) is 20.7. The fraction of sp³-hybridized carbons (Fsp3) is 0.250. The molecule has 35 heavy (non-hydrogen) atoms. The first-order valence-corrected chi connectivity index (χ1v) is 12.6. The van der Waals surface area contributed by atoms with Gasteiger partial charge in [0.15, 0.2) is 0 Å². The molecule has 0 spiro atoms. The number of imide groups is 2. The molecule has 3 aromatic rings. The Balaban J connectivity index is 1.42. The number of carbonyl (C=O) groups excluding carboxylic acids is 3. The lowest BCUT2D eigenvalue weighted by Gasteiger charge is -2.35. The zero-order chi connectivity index (χ0) is 24.4. The van der Waals surface area contributed by atoms with Gasteiger partial charge >= 0.3 is 6.03 Å². The molecule has 0 aromatic heterocycles. The van der Waals surface area contributed by atoms with E-state index in [9.17, 15) is 14.4 Å². The van der Waals surface area contributed by atoms with E-state index in [0.29, 0.717) is 17.9 Å². The highest BCUT2D eigenvalue weighted by molar-refractivity contribution is 9.10. The van der Waals surface area contributed by atoms with Gasteiger partial charge in [-0.3, -0.25) is 19.8 Å². The fourth-order valence-corrected chi connectivity index (χ4v) is 5.13. The maximum atomic E-state index is 13.3. The standard InChI is InChI=1S/C28H25BrN2O4/c29-22-12-13-25(35-17-18-10-11-19-6-4-5-7-20(19)14-18)21(15-22)16-24-26(32)30-28(34)31(27(24)33)23-8-2-1-3-9-23/h4-7,10-16,23H,1-3,8-9,17H2,(H,30,32,34). The van der Waals surface area contributed by atoms with Crippen molar-refractivity contribution in [3.63, 3.8) is 0 Å². The van der Waals surface area contributed by atoms with Gasteiger partial charge in [-0.15, -0.1) is 0 Å². The van der Waals surface area contributed by atoms with Gasteiger partial charge in [0.2, 0.25) is 0 Å². The molecular weight excluding hydrogens is 508 g/mol. The Hall–Kier alpha value is -3.45. The molecule has 1 heterocycles. The second kappa shape index (κ2) is 10.0. The summed E-state index contributed by atoms with van der Waals surface area (Å²) in [5, 5.41) is 4.63. The highest BCUT2D eigenvalue weighted by atomic mass is 79.9. The number of hydrogen-bond donors (Lipinski definition) is 1. The molecule has 0 bridgehead atoms. The van der Waals surface area contributed by atoms with E-state index >= 15 is 0 Å².